The molecule has 2 aliphatic heterocycles. The van der Waals surface area contributed by atoms with Crippen LogP contribution in [0.25, 0.3) is 0 Å². The van der Waals surface area contributed by atoms with Crippen molar-refractivity contribution in [2.45, 2.75) is 6.42 Å². The van der Waals surface area contributed by atoms with Crippen LogP contribution >= 0.6 is 0 Å². The van der Waals surface area contributed by atoms with Crippen molar-refractivity contribution < 1.29 is 5.11 Å². The van der Waals surface area contributed by atoms with Crippen LogP contribution in [0.1, 0.15) is 6.42 Å². The molecule has 2 atom stereocenters. The lowest BCUT2D eigenvalue weighted by atomic mass is 9.73. The third-order valence-corrected chi connectivity index (χ3v) is 3.58. The van der Waals surface area contributed by atoms with Gasteiger partial charge in [-0.2, -0.15) is 0 Å². The average Bonchev–Trinajstić information content (AvgIpc) is 2.07. The van der Waals surface area contributed by atoms with Gasteiger partial charge < -0.3 is 15.3 Å². The van der Waals surface area contributed by atoms with E-state index in [1.165, 1.54) is 13.1 Å². The maximum Gasteiger partial charge on any atom is 0.0433 e. The average molecular weight is 184 g/mol. The first-order valence-corrected chi connectivity index (χ1v) is 5.31. The summed E-state index contributed by atoms with van der Waals surface area (Å²) in [5, 5.41) is 12.5. The summed E-state index contributed by atoms with van der Waals surface area (Å²) < 4.78 is 0. The highest BCUT2D eigenvalue weighted by Gasteiger charge is 2.37. The predicted octanol–water partition coefficient (Wildman–Crippen LogP) is -0.234. The Hall–Kier alpha value is -0.120. The standard InChI is InChI=1S/C10H20N2O/c1-12-6-8-4-11-5-9(7-12)10(8)2-3-13/h8-11,13H,2-7H2,1H3. The van der Waals surface area contributed by atoms with Gasteiger partial charge in [0.1, 0.15) is 0 Å². The van der Waals surface area contributed by atoms with Crippen molar-refractivity contribution in [1.29, 1.82) is 0 Å². The molecule has 3 heteroatoms. The van der Waals surface area contributed by atoms with Crippen LogP contribution in [0.5, 0.6) is 0 Å². The second kappa shape index (κ2) is 3.95. The second-order valence-corrected chi connectivity index (χ2v) is 4.58. The lowest BCUT2D eigenvalue weighted by Gasteiger charge is -2.46. The molecule has 0 spiro atoms. The minimum Gasteiger partial charge on any atom is -0.396 e. The molecule has 2 rings (SSSR count). The predicted molar refractivity (Wildman–Crippen MR) is 52.5 cm³/mol. The van der Waals surface area contributed by atoms with E-state index in [1.807, 2.05) is 0 Å². The summed E-state index contributed by atoms with van der Waals surface area (Å²) in [6, 6.07) is 0. The lowest BCUT2D eigenvalue weighted by Crippen LogP contribution is -2.55. The minimum absolute atomic E-state index is 0.362. The van der Waals surface area contributed by atoms with Gasteiger partial charge in [-0.05, 0) is 44.3 Å². The molecule has 2 aliphatic rings. The van der Waals surface area contributed by atoms with E-state index in [-0.39, 0.29) is 0 Å². The zero-order valence-electron chi connectivity index (χ0n) is 8.37. The van der Waals surface area contributed by atoms with Crippen molar-refractivity contribution in [2.75, 3.05) is 39.8 Å². The first kappa shape index (κ1) is 9.44. The number of hydrogen-bond acceptors (Lipinski definition) is 3. The number of rotatable bonds is 2. The van der Waals surface area contributed by atoms with Crippen molar-refractivity contribution in [1.82, 2.24) is 10.2 Å². The van der Waals surface area contributed by atoms with Crippen LogP contribution in [0.15, 0.2) is 0 Å². The third-order valence-electron chi connectivity index (χ3n) is 3.58. The van der Waals surface area contributed by atoms with Gasteiger partial charge in [0.15, 0.2) is 0 Å². The van der Waals surface area contributed by atoms with Crippen LogP contribution in [0.3, 0.4) is 0 Å². The smallest absolute Gasteiger partial charge is 0.0433 e. The van der Waals surface area contributed by atoms with Gasteiger partial charge in [-0.15, -0.1) is 0 Å². The first-order valence-electron chi connectivity index (χ1n) is 5.31. The molecule has 13 heavy (non-hydrogen) atoms. The number of hydrogen-bond donors (Lipinski definition) is 2. The van der Waals surface area contributed by atoms with Gasteiger partial charge in [0.25, 0.3) is 0 Å². The fourth-order valence-electron chi connectivity index (χ4n) is 3.04. The van der Waals surface area contributed by atoms with Crippen LogP contribution in [-0.4, -0.2) is 49.8 Å². The summed E-state index contributed by atoms with van der Waals surface area (Å²) >= 11 is 0. The Kier molecular flexibility index (Phi) is 2.86. The second-order valence-electron chi connectivity index (χ2n) is 4.58. The monoisotopic (exact) mass is 184 g/mol. The van der Waals surface area contributed by atoms with Crippen LogP contribution in [0.4, 0.5) is 0 Å². The summed E-state index contributed by atoms with van der Waals surface area (Å²) in [5.74, 6) is 2.30. The Labute approximate surface area is 80.1 Å². The molecular formula is C10H20N2O. The number of aliphatic hydroxyl groups excluding tert-OH is 1. The molecule has 0 saturated carbocycles. The summed E-state index contributed by atoms with van der Waals surface area (Å²) in [6.07, 6.45) is 1.00. The molecule has 0 radical (unpaired) electrons. The highest BCUT2D eigenvalue weighted by molar-refractivity contribution is 4.91. The number of piperidine rings is 2. The molecule has 0 aliphatic carbocycles. The van der Waals surface area contributed by atoms with Gasteiger partial charge in [0.05, 0.1) is 0 Å². The number of nitrogens with zero attached hydrogens (tertiary/aromatic N) is 1. The summed E-state index contributed by atoms with van der Waals surface area (Å²) in [6.45, 7) is 5.06. The molecular weight excluding hydrogens is 164 g/mol. The molecule has 2 heterocycles. The Morgan fingerprint density at radius 1 is 1.31 bits per heavy atom. The zero-order chi connectivity index (χ0) is 9.26. The molecule has 2 bridgehead atoms. The van der Waals surface area contributed by atoms with Gasteiger partial charge in [0.2, 0.25) is 0 Å². The van der Waals surface area contributed by atoms with Crippen LogP contribution in [0.2, 0.25) is 0 Å². The Bertz CT molecular complexity index is 160. The fraction of sp³-hybridized carbons (Fsp3) is 1.00. The van der Waals surface area contributed by atoms with Crippen molar-refractivity contribution in [3.8, 4) is 0 Å². The van der Waals surface area contributed by atoms with Crippen LogP contribution in [-0.2, 0) is 0 Å². The Morgan fingerprint density at radius 2 is 1.92 bits per heavy atom. The molecule has 2 fully saturated rings. The van der Waals surface area contributed by atoms with Crippen LogP contribution < -0.4 is 5.32 Å². The van der Waals surface area contributed by atoms with E-state index < -0.39 is 0 Å². The van der Waals surface area contributed by atoms with E-state index in [0.717, 1.165) is 37.3 Å². The molecule has 0 aromatic heterocycles. The van der Waals surface area contributed by atoms with E-state index in [2.05, 4.69) is 17.3 Å². The summed E-state index contributed by atoms with van der Waals surface area (Å²) in [5.41, 5.74) is 0. The molecule has 2 saturated heterocycles. The number of nitrogens with one attached hydrogen (secondary N) is 1. The molecule has 76 valence electrons. The summed E-state index contributed by atoms with van der Waals surface area (Å²) in [7, 11) is 2.21. The van der Waals surface area contributed by atoms with E-state index in [9.17, 15) is 0 Å². The quantitative estimate of drug-likeness (QED) is 0.622. The van der Waals surface area contributed by atoms with Crippen molar-refractivity contribution in [3.63, 3.8) is 0 Å². The van der Waals surface area contributed by atoms with Gasteiger partial charge >= 0.3 is 0 Å². The van der Waals surface area contributed by atoms with Crippen molar-refractivity contribution in [2.24, 2.45) is 17.8 Å². The van der Waals surface area contributed by atoms with Crippen molar-refractivity contribution in [3.05, 3.63) is 0 Å². The zero-order valence-corrected chi connectivity index (χ0v) is 8.37. The highest BCUT2D eigenvalue weighted by atomic mass is 16.3. The van der Waals surface area contributed by atoms with E-state index in [4.69, 9.17) is 5.11 Å². The lowest BCUT2D eigenvalue weighted by molar-refractivity contribution is 0.0344. The minimum atomic E-state index is 0.362. The van der Waals surface area contributed by atoms with Crippen molar-refractivity contribution >= 4 is 0 Å². The van der Waals surface area contributed by atoms with Crippen LogP contribution in [0, 0.1) is 17.8 Å². The van der Waals surface area contributed by atoms with E-state index >= 15 is 0 Å². The van der Waals surface area contributed by atoms with Gasteiger partial charge in [-0.1, -0.05) is 0 Å². The molecule has 3 nitrogen and oxygen atoms in total. The van der Waals surface area contributed by atoms with Gasteiger partial charge in [0, 0.05) is 19.7 Å². The molecule has 0 aromatic carbocycles. The largest absolute Gasteiger partial charge is 0.396 e. The van der Waals surface area contributed by atoms with E-state index in [0.29, 0.717) is 6.61 Å². The Balaban J connectivity index is 2.01. The molecule has 0 amide bonds. The maximum atomic E-state index is 9.01. The summed E-state index contributed by atoms with van der Waals surface area (Å²) in [4.78, 5) is 2.43. The number of fused-ring (bicyclic) bond motifs is 2. The first-order chi connectivity index (χ1) is 6.31. The maximum absolute atomic E-state index is 9.01. The van der Waals surface area contributed by atoms with E-state index in [1.54, 1.807) is 0 Å². The fourth-order valence-corrected chi connectivity index (χ4v) is 3.04. The molecule has 2 unspecified atom stereocenters. The third kappa shape index (κ3) is 1.87. The topological polar surface area (TPSA) is 35.5 Å². The number of likely N-dealkylation sites (tertiary alicyclic amines) is 1. The highest BCUT2D eigenvalue weighted by Crippen LogP contribution is 2.32. The SMILES string of the molecule is CN1CC2CNCC(C1)C2CCO. The van der Waals surface area contributed by atoms with Gasteiger partial charge in [-0.25, -0.2) is 0 Å². The molecule has 0 aromatic rings. The van der Waals surface area contributed by atoms with Gasteiger partial charge in [-0.3, -0.25) is 0 Å². The normalized spacial score (nSPS) is 40.6. The number of aliphatic hydroxyl groups is 1. The molecule has 2 N–H and O–H groups in total. The Morgan fingerprint density at radius 3 is 2.46 bits per heavy atom.